The Morgan fingerprint density at radius 2 is 2.24 bits per heavy atom. The zero-order valence-electron chi connectivity index (χ0n) is 13.8. The van der Waals surface area contributed by atoms with Crippen molar-refractivity contribution in [1.29, 1.82) is 0 Å². The van der Waals surface area contributed by atoms with Crippen LogP contribution in [0.5, 0.6) is 11.5 Å². The first-order valence-electron chi connectivity index (χ1n) is 7.17. The number of methoxy groups -OCH3 is 1. The molecule has 1 heterocycles. The molecule has 0 aliphatic carbocycles. The second kappa shape index (κ2) is 7.86. The molecular formula is C14H16N6O5. The maximum atomic E-state index is 11.2. The Kier molecular flexibility index (Phi) is 5.61. The molecule has 0 saturated heterocycles. The van der Waals surface area contributed by atoms with Crippen molar-refractivity contribution in [2.75, 3.05) is 19.1 Å². The first-order valence-corrected chi connectivity index (χ1v) is 7.17. The number of nitrogens with one attached hydrogen (secondary N) is 2. The van der Waals surface area contributed by atoms with E-state index in [-0.39, 0.29) is 29.6 Å². The van der Waals surface area contributed by atoms with Gasteiger partial charge >= 0.3 is 11.4 Å². The van der Waals surface area contributed by atoms with Crippen molar-refractivity contribution in [1.82, 2.24) is 15.2 Å². The molecule has 2 aromatic rings. The lowest BCUT2D eigenvalue weighted by Gasteiger charge is -2.10. The number of hydrazone groups is 1. The molecule has 0 unspecified atom stereocenters. The van der Waals surface area contributed by atoms with E-state index in [0.717, 1.165) is 0 Å². The van der Waals surface area contributed by atoms with E-state index in [1.54, 1.807) is 19.9 Å². The number of rotatable bonds is 7. The molecule has 2 rings (SSSR count). The maximum absolute atomic E-state index is 11.2. The van der Waals surface area contributed by atoms with E-state index < -0.39 is 10.6 Å². The Morgan fingerprint density at radius 3 is 2.88 bits per heavy atom. The zero-order chi connectivity index (χ0) is 18.4. The van der Waals surface area contributed by atoms with E-state index >= 15 is 0 Å². The number of nitro groups is 1. The first kappa shape index (κ1) is 17.8. The number of nitro benzene ring substituents is 1. The average molecular weight is 348 g/mol. The number of nitrogens with zero attached hydrogens (tertiary/aromatic N) is 4. The highest BCUT2D eigenvalue weighted by Crippen LogP contribution is 2.37. The normalized spacial score (nSPS) is 10.7. The van der Waals surface area contributed by atoms with Gasteiger partial charge in [-0.3, -0.25) is 15.5 Å². The summed E-state index contributed by atoms with van der Waals surface area (Å²) in [5, 5.41) is 21.1. The Bertz CT molecular complexity index is 863. The van der Waals surface area contributed by atoms with Crippen LogP contribution < -0.4 is 20.6 Å². The Balaban J connectivity index is 2.32. The van der Waals surface area contributed by atoms with Gasteiger partial charge in [0, 0.05) is 11.6 Å². The summed E-state index contributed by atoms with van der Waals surface area (Å²) in [6.07, 6.45) is 1.33. The number of hydrogen-bond acceptors (Lipinski definition) is 9. The molecule has 132 valence electrons. The van der Waals surface area contributed by atoms with Gasteiger partial charge in [-0.05, 0) is 19.9 Å². The molecule has 0 bridgehead atoms. The van der Waals surface area contributed by atoms with Crippen LogP contribution in [0.3, 0.4) is 0 Å². The fraction of sp³-hybridized carbons (Fsp3) is 0.286. The third-order valence-corrected chi connectivity index (χ3v) is 3.02. The number of aryl methyl sites for hydroxylation is 1. The molecule has 0 amide bonds. The van der Waals surface area contributed by atoms with Crippen molar-refractivity contribution < 1.29 is 14.4 Å². The maximum Gasteiger partial charge on any atom is 0.363 e. The standard InChI is InChI=1S/C14H16N6O5/c1-4-25-12-10(20(22)23)5-9(6-11(12)24-3)7-15-18-13-8(2)17-19-14(21)16-13/h5-7H,4H2,1-3H3,(H2,16,18,19,21)/b15-7+. The van der Waals surface area contributed by atoms with E-state index in [1.807, 2.05) is 0 Å². The quantitative estimate of drug-likeness (QED) is 0.432. The molecule has 0 fully saturated rings. The van der Waals surface area contributed by atoms with Crippen molar-refractivity contribution >= 4 is 17.7 Å². The molecule has 1 aromatic heterocycles. The molecule has 0 saturated carbocycles. The second-order valence-electron chi connectivity index (χ2n) is 4.71. The molecule has 0 atom stereocenters. The monoisotopic (exact) mass is 348 g/mol. The molecule has 11 nitrogen and oxygen atoms in total. The molecular weight excluding hydrogens is 332 g/mol. The van der Waals surface area contributed by atoms with E-state index in [0.29, 0.717) is 11.3 Å². The summed E-state index contributed by atoms with van der Waals surface area (Å²) in [7, 11) is 1.38. The molecule has 2 N–H and O–H groups in total. The summed E-state index contributed by atoms with van der Waals surface area (Å²) in [5.74, 6) is 0.438. The number of aromatic amines is 1. The number of ether oxygens (including phenoxy) is 2. The average Bonchev–Trinajstić information content (AvgIpc) is 2.58. The zero-order valence-corrected chi connectivity index (χ0v) is 13.8. The van der Waals surface area contributed by atoms with Gasteiger partial charge in [-0.2, -0.15) is 15.2 Å². The van der Waals surface area contributed by atoms with Gasteiger partial charge in [0.05, 0.1) is 24.9 Å². The van der Waals surface area contributed by atoms with E-state index in [9.17, 15) is 14.9 Å². The number of hydrogen-bond donors (Lipinski definition) is 2. The number of anilines is 1. The fourth-order valence-corrected chi connectivity index (χ4v) is 1.93. The minimum Gasteiger partial charge on any atom is -0.493 e. The van der Waals surface area contributed by atoms with Crippen LogP contribution >= 0.6 is 0 Å². The number of aromatic nitrogens is 3. The van der Waals surface area contributed by atoms with Gasteiger partial charge in [0.25, 0.3) is 0 Å². The molecule has 0 aliphatic heterocycles. The van der Waals surface area contributed by atoms with Crippen LogP contribution in [0.2, 0.25) is 0 Å². The lowest BCUT2D eigenvalue weighted by molar-refractivity contribution is -0.385. The third kappa shape index (κ3) is 4.28. The van der Waals surface area contributed by atoms with Crippen molar-refractivity contribution in [3.05, 3.63) is 44.0 Å². The van der Waals surface area contributed by atoms with Gasteiger partial charge < -0.3 is 9.47 Å². The van der Waals surface area contributed by atoms with Crippen LogP contribution in [0.4, 0.5) is 11.5 Å². The minimum atomic E-state index is -0.623. The van der Waals surface area contributed by atoms with Crippen LogP contribution in [0.25, 0.3) is 0 Å². The topological polar surface area (TPSA) is 145 Å². The summed E-state index contributed by atoms with van der Waals surface area (Å²) in [6.45, 7) is 3.60. The van der Waals surface area contributed by atoms with Gasteiger partial charge in [0.1, 0.15) is 5.69 Å². The predicted octanol–water partition coefficient (Wildman–Crippen LogP) is 1.23. The van der Waals surface area contributed by atoms with Gasteiger partial charge in [-0.25, -0.2) is 9.89 Å². The molecule has 0 aliphatic rings. The summed E-state index contributed by atoms with van der Waals surface area (Å²) in [5.41, 5.74) is 2.53. The third-order valence-electron chi connectivity index (χ3n) is 3.02. The van der Waals surface area contributed by atoms with Crippen LogP contribution in [0, 0.1) is 17.0 Å². The van der Waals surface area contributed by atoms with Crippen LogP contribution in [0.1, 0.15) is 18.2 Å². The van der Waals surface area contributed by atoms with Crippen molar-refractivity contribution in [3.63, 3.8) is 0 Å². The van der Waals surface area contributed by atoms with Crippen molar-refractivity contribution in [2.24, 2.45) is 5.10 Å². The second-order valence-corrected chi connectivity index (χ2v) is 4.71. The number of H-pyrrole nitrogens is 1. The molecule has 0 radical (unpaired) electrons. The molecule has 25 heavy (non-hydrogen) atoms. The van der Waals surface area contributed by atoms with Gasteiger partial charge in [0.2, 0.25) is 5.75 Å². The lowest BCUT2D eigenvalue weighted by Crippen LogP contribution is -2.15. The molecule has 1 aromatic carbocycles. The fourth-order valence-electron chi connectivity index (χ4n) is 1.93. The predicted molar refractivity (Wildman–Crippen MR) is 89.4 cm³/mol. The van der Waals surface area contributed by atoms with E-state index in [4.69, 9.17) is 9.47 Å². The van der Waals surface area contributed by atoms with Gasteiger partial charge in [0.15, 0.2) is 11.6 Å². The molecule has 0 spiro atoms. The van der Waals surface area contributed by atoms with Gasteiger partial charge in [-0.15, -0.1) is 0 Å². The van der Waals surface area contributed by atoms with E-state index in [2.05, 4.69) is 25.7 Å². The van der Waals surface area contributed by atoms with Crippen LogP contribution in [-0.4, -0.2) is 40.0 Å². The van der Waals surface area contributed by atoms with Crippen LogP contribution in [0.15, 0.2) is 22.0 Å². The lowest BCUT2D eigenvalue weighted by atomic mass is 10.2. The SMILES string of the molecule is CCOc1c(OC)cc(/C=N/Nc2nc(=O)[nH]nc2C)cc1[N+](=O)[O-]. The Labute approximate surface area is 141 Å². The molecule has 11 heteroatoms. The van der Waals surface area contributed by atoms with Crippen molar-refractivity contribution in [2.45, 2.75) is 13.8 Å². The summed E-state index contributed by atoms with van der Waals surface area (Å²) in [4.78, 5) is 25.5. The number of benzene rings is 1. The summed E-state index contributed by atoms with van der Waals surface area (Å²) in [6, 6.07) is 2.84. The van der Waals surface area contributed by atoms with Crippen LogP contribution in [-0.2, 0) is 0 Å². The summed E-state index contributed by atoms with van der Waals surface area (Å²) < 4.78 is 10.4. The highest BCUT2D eigenvalue weighted by molar-refractivity contribution is 5.83. The highest BCUT2D eigenvalue weighted by Gasteiger charge is 2.21. The minimum absolute atomic E-state index is 0.0522. The Morgan fingerprint density at radius 1 is 1.48 bits per heavy atom. The highest BCUT2D eigenvalue weighted by atomic mass is 16.6. The summed E-state index contributed by atoms with van der Waals surface area (Å²) >= 11 is 0. The van der Waals surface area contributed by atoms with E-state index in [1.165, 1.54) is 19.4 Å². The van der Waals surface area contributed by atoms with Gasteiger partial charge in [-0.1, -0.05) is 0 Å². The first-order chi connectivity index (χ1) is 12.0. The largest absolute Gasteiger partial charge is 0.493 e. The Hall–Kier alpha value is -3.50. The smallest absolute Gasteiger partial charge is 0.363 e. The van der Waals surface area contributed by atoms with Crippen molar-refractivity contribution in [3.8, 4) is 11.5 Å².